The molecule has 0 heterocycles. The molecule has 0 saturated carbocycles. The smallest absolute Gasteiger partial charge is 0.255 e. The molecule has 5 nitrogen and oxygen atoms in total. The third kappa shape index (κ3) is 7.10. The number of hydrogen-bond donors (Lipinski definition) is 2. The normalized spacial score (nSPS) is 14.2. The second-order valence-corrected chi connectivity index (χ2v) is 8.12. The lowest BCUT2D eigenvalue weighted by Gasteiger charge is -2.22. The second kappa shape index (κ2) is 10.7. The van der Waals surface area contributed by atoms with Crippen molar-refractivity contribution in [1.29, 1.82) is 0 Å². The summed E-state index contributed by atoms with van der Waals surface area (Å²) in [5.41, 5.74) is 0.824. The zero-order valence-electron chi connectivity index (χ0n) is 13.4. The average Bonchev–Trinajstić information content (AvgIpc) is 2.49. The lowest BCUT2D eigenvalue weighted by molar-refractivity contribution is -0.0871. The number of ether oxygens (including phenoxy) is 2. The Kier molecular flexibility index (Phi) is 9.71. The molecule has 1 aromatic carbocycles. The van der Waals surface area contributed by atoms with Crippen LogP contribution in [-0.4, -0.2) is 36.8 Å². The van der Waals surface area contributed by atoms with Gasteiger partial charge >= 0.3 is 0 Å². The molecule has 0 amide bonds. The van der Waals surface area contributed by atoms with Crippen LogP contribution in [0.5, 0.6) is 0 Å². The minimum atomic E-state index is -3.50. The lowest BCUT2D eigenvalue weighted by Crippen LogP contribution is -2.21. The highest BCUT2D eigenvalue weighted by Crippen LogP contribution is 2.47. The molecule has 0 radical (unpaired) electrons. The first-order valence-electron chi connectivity index (χ1n) is 7.60. The van der Waals surface area contributed by atoms with Crippen LogP contribution in [0.15, 0.2) is 18.2 Å². The SMILES string of the molecule is CCOC(OCC)P(=O)(O)CCCNCc1c(Cl)cccc1Cl. The van der Waals surface area contributed by atoms with Gasteiger partial charge in [-0.3, -0.25) is 4.57 Å². The first kappa shape index (κ1) is 20.9. The van der Waals surface area contributed by atoms with Gasteiger partial charge in [0.05, 0.1) is 0 Å². The maximum Gasteiger partial charge on any atom is 0.255 e. The van der Waals surface area contributed by atoms with Gasteiger partial charge in [0.1, 0.15) is 0 Å². The zero-order valence-corrected chi connectivity index (χ0v) is 15.8. The molecule has 0 aliphatic heterocycles. The summed E-state index contributed by atoms with van der Waals surface area (Å²) < 4.78 is 22.7. The van der Waals surface area contributed by atoms with E-state index in [4.69, 9.17) is 32.7 Å². The lowest BCUT2D eigenvalue weighted by atomic mass is 10.2. The summed E-state index contributed by atoms with van der Waals surface area (Å²) >= 11 is 12.2. The summed E-state index contributed by atoms with van der Waals surface area (Å²) in [6, 6.07) is 4.30. The fourth-order valence-corrected chi connectivity index (χ4v) is 4.13. The van der Waals surface area contributed by atoms with E-state index >= 15 is 0 Å². The van der Waals surface area contributed by atoms with Gasteiger partial charge in [-0.05, 0) is 38.9 Å². The highest BCUT2D eigenvalue weighted by atomic mass is 35.5. The fourth-order valence-electron chi connectivity index (χ4n) is 2.02. The molecular formula is C15H24Cl2NO4P. The third-order valence-corrected chi connectivity index (χ3v) is 5.77. The number of hydrogen-bond acceptors (Lipinski definition) is 4. The molecule has 0 bridgehead atoms. The summed E-state index contributed by atoms with van der Waals surface area (Å²) in [5, 5.41) is 4.38. The van der Waals surface area contributed by atoms with Crippen LogP contribution in [0, 0.1) is 0 Å². The van der Waals surface area contributed by atoms with E-state index in [2.05, 4.69) is 5.32 Å². The molecule has 1 aromatic rings. The quantitative estimate of drug-likeness (QED) is 0.342. The van der Waals surface area contributed by atoms with Gasteiger partial charge in [0.15, 0.2) is 0 Å². The largest absolute Gasteiger partial charge is 0.345 e. The Hall–Kier alpha value is -0.130. The number of nitrogens with one attached hydrogen (secondary N) is 1. The standard InChI is InChI=1S/C15H24Cl2NO4P/c1-3-21-15(22-4-2)23(19,20)10-6-9-18-11-12-13(16)7-5-8-14(12)17/h5,7-8,15,18H,3-4,6,9-11H2,1-2H3,(H,19,20). The van der Waals surface area contributed by atoms with Crippen LogP contribution < -0.4 is 5.32 Å². The first-order chi connectivity index (χ1) is 10.9. The summed E-state index contributed by atoms with van der Waals surface area (Å²) in [6.07, 6.45) is 0.646. The number of halogens is 2. The molecular weight excluding hydrogens is 360 g/mol. The third-order valence-electron chi connectivity index (χ3n) is 3.14. The maximum atomic E-state index is 12.3. The molecule has 1 unspecified atom stereocenters. The van der Waals surface area contributed by atoms with Crippen molar-refractivity contribution < 1.29 is 18.9 Å². The van der Waals surface area contributed by atoms with E-state index < -0.39 is 13.4 Å². The van der Waals surface area contributed by atoms with Crippen molar-refractivity contribution in [3.63, 3.8) is 0 Å². The molecule has 0 aliphatic rings. The molecule has 0 aromatic heterocycles. The fraction of sp³-hybridized carbons (Fsp3) is 0.600. The Balaban J connectivity index is 2.40. The molecule has 8 heteroatoms. The number of benzene rings is 1. The molecule has 0 spiro atoms. The Morgan fingerprint density at radius 3 is 2.30 bits per heavy atom. The molecule has 23 heavy (non-hydrogen) atoms. The molecule has 0 aliphatic carbocycles. The van der Waals surface area contributed by atoms with Gasteiger partial charge in [-0.1, -0.05) is 29.3 Å². The van der Waals surface area contributed by atoms with Crippen molar-refractivity contribution >= 4 is 30.6 Å². The van der Waals surface area contributed by atoms with Crippen molar-refractivity contribution in [2.45, 2.75) is 32.8 Å². The summed E-state index contributed by atoms with van der Waals surface area (Å²) in [6.45, 7) is 5.27. The topological polar surface area (TPSA) is 67.8 Å². The summed E-state index contributed by atoms with van der Waals surface area (Å²) in [4.78, 5) is 10.1. The monoisotopic (exact) mass is 383 g/mol. The van der Waals surface area contributed by atoms with Crippen LogP contribution in [0.2, 0.25) is 10.0 Å². The van der Waals surface area contributed by atoms with Gasteiger partial charge < -0.3 is 19.7 Å². The van der Waals surface area contributed by atoms with E-state index in [1.165, 1.54) is 0 Å². The highest BCUT2D eigenvalue weighted by Gasteiger charge is 2.31. The number of rotatable bonds is 11. The van der Waals surface area contributed by atoms with Crippen LogP contribution in [0.1, 0.15) is 25.8 Å². The van der Waals surface area contributed by atoms with E-state index in [1.54, 1.807) is 32.0 Å². The van der Waals surface area contributed by atoms with Crippen LogP contribution in [0.4, 0.5) is 0 Å². The Labute approximate surface area is 147 Å². The summed E-state index contributed by atoms with van der Waals surface area (Å²) in [5.74, 6) is 0. The minimum Gasteiger partial charge on any atom is -0.345 e. The molecule has 1 rings (SSSR count). The average molecular weight is 384 g/mol. The molecule has 1 atom stereocenters. The van der Waals surface area contributed by atoms with E-state index in [1.807, 2.05) is 0 Å². The van der Waals surface area contributed by atoms with Crippen molar-refractivity contribution in [1.82, 2.24) is 5.32 Å². The van der Waals surface area contributed by atoms with Gasteiger partial charge in [-0.15, -0.1) is 0 Å². The Morgan fingerprint density at radius 1 is 1.22 bits per heavy atom. The minimum absolute atomic E-state index is 0.126. The van der Waals surface area contributed by atoms with Crippen molar-refractivity contribution in [2.24, 2.45) is 0 Å². The van der Waals surface area contributed by atoms with Crippen LogP contribution in [0.3, 0.4) is 0 Å². The van der Waals surface area contributed by atoms with Crippen molar-refractivity contribution in [2.75, 3.05) is 25.9 Å². The van der Waals surface area contributed by atoms with E-state index in [9.17, 15) is 9.46 Å². The van der Waals surface area contributed by atoms with Gasteiger partial charge in [-0.2, -0.15) is 0 Å². The molecule has 2 N–H and O–H groups in total. The maximum absolute atomic E-state index is 12.3. The van der Waals surface area contributed by atoms with Crippen LogP contribution in [-0.2, 0) is 20.6 Å². The van der Waals surface area contributed by atoms with Crippen molar-refractivity contribution in [3.05, 3.63) is 33.8 Å². The van der Waals surface area contributed by atoms with Gasteiger partial charge in [-0.25, -0.2) is 0 Å². The first-order valence-corrected chi connectivity index (χ1v) is 10.3. The van der Waals surface area contributed by atoms with E-state index in [0.29, 0.717) is 42.8 Å². The van der Waals surface area contributed by atoms with Crippen LogP contribution in [0.25, 0.3) is 0 Å². The summed E-state index contributed by atoms with van der Waals surface area (Å²) in [7, 11) is -3.50. The molecule has 0 saturated heterocycles. The van der Waals surface area contributed by atoms with E-state index in [-0.39, 0.29) is 6.16 Å². The predicted molar refractivity (Wildman–Crippen MR) is 94.5 cm³/mol. The highest BCUT2D eigenvalue weighted by molar-refractivity contribution is 7.58. The van der Waals surface area contributed by atoms with Gasteiger partial charge in [0.25, 0.3) is 7.37 Å². The Morgan fingerprint density at radius 2 is 1.78 bits per heavy atom. The van der Waals surface area contributed by atoms with Crippen molar-refractivity contribution in [3.8, 4) is 0 Å². The second-order valence-electron chi connectivity index (χ2n) is 4.93. The molecule has 0 fully saturated rings. The van der Waals surface area contributed by atoms with Gasteiger partial charge in [0.2, 0.25) is 6.03 Å². The van der Waals surface area contributed by atoms with Gasteiger partial charge in [0, 0.05) is 41.5 Å². The predicted octanol–water partition coefficient (Wildman–Crippen LogP) is 4.10. The van der Waals surface area contributed by atoms with Crippen LogP contribution >= 0.6 is 30.6 Å². The van der Waals surface area contributed by atoms with E-state index in [0.717, 1.165) is 5.56 Å². The Bertz CT molecular complexity index is 504. The molecule has 132 valence electrons. The zero-order chi connectivity index (χ0) is 17.3.